The van der Waals surface area contributed by atoms with Crippen LogP contribution in [-0.2, 0) is 26.2 Å². The molecule has 1 aromatic carbocycles. The maximum absolute atomic E-state index is 11.8. The van der Waals surface area contributed by atoms with E-state index in [1.165, 1.54) is 19.3 Å². The van der Waals surface area contributed by atoms with Crippen molar-refractivity contribution in [3.8, 4) is 5.75 Å². The van der Waals surface area contributed by atoms with Gasteiger partial charge in [-0.05, 0) is 56.8 Å². The lowest BCUT2D eigenvalue weighted by atomic mass is 9.98. The van der Waals surface area contributed by atoms with Crippen molar-refractivity contribution in [1.82, 2.24) is 10.0 Å². The van der Waals surface area contributed by atoms with E-state index in [9.17, 15) is 23.1 Å². The number of aryl methyl sites for hydroxylation is 1. The van der Waals surface area contributed by atoms with Crippen LogP contribution in [0.25, 0.3) is 0 Å². The van der Waals surface area contributed by atoms with Crippen molar-refractivity contribution in [2.24, 2.45) is 0 Å². The van der Waals surface area contributed by atoms with Gasteiger partial charge in [-0.1, -0.05) is 19.4 Å². The number of phenols is 1. The molecule has 0 radical (unpaired) electrons. The van der Waals surface area contributed by atoms with E-state index < -0.39 is 16.1 Å². The van der Waals surface area contributed by atoms with E-state index in [0.717, 1.165) is 29.3 Å². The molecule has 3 N–H and O–H groups in total. The summed E-state index contributed by atoms with van der Waals surface area (Å²) in [5.74, 6) is -0.471. The molecule has 8 nitrogen and oxygen atoms in total. The number of Topliss-reactive ketones (excluding diaryl/α,β-unsaturated/α-hetero) is 1. The predicted molar refractivity (Wildman–Crippen MR) is 107 cm³/mol. The zero-order valence-corrected chi connectivity index (χ0v) is 17.2. The van der Waals surface area contributed by atoms with Crippen LogP contribution >= 0.6 is 0 Å². The monoisotopic (exact) mass is 411 g/mol. The summed E-state index contributed by atoms with van der Waals surface area (Å²) in [5.41, 5.74) is 1.08. The molecule has 0 saturated carbocycles. The van der Waals surface area contributed by atoms with Crippen molar-refractivity contribution >= 4 is 27.6 Å². The molecule has 1 unspecified atom stereocenters. The van der Waals surface area contributed by atoms with E-state index in [-0.39, 0.29) is 23.8 Å². The fourth-order valence-corrected chi connectivity index (χ4v) is 4.27. The summed E-state index contributed by atoms with van der Waals surface area (Å²) < 4.78 is 26.4. The van der Waals surface area contributed by atoms with Gasteiger partial charge in [-0.3, -0.25) is 4.79 Å². The van der Waals surface area contributed by atoms with Gasteiger partial charge in [0.1, 0.15) is 18.1 Å². The lowest BCUT2D eigenvalue weighted by Crippen LogP contribution is -2.34. The molecule has 0 aliphatic carbocycles. The van der Waals surface area contributed by atoms with E-state index in [1.807, 2.05) is 11.6 Å². The molecule has 3 rings (SSSR count). The number of nitrogens with zero attached hydrogens (tertiary/aromatic N) is 1. The fourth-order valence-electron chi connectivity index (χ4n) is 3.11. The number of amides is 1. The van der Waals surface area contributed by atoms with Gasteiger partial charge in [0.15, 0.2) is 0 Å². The summed E-state index contributed by atoms with van der Waals surface area (Å²) in [6.45, 7) is 4.19. The summed E-state index contributed by atoms with van der Waals surface area (Å²) in [6.07, 6.45) is 6.11. The molecule has 0 spiro atoms. The molecule has 28 heavy (non-hydrogen) atoms. The van der Waals surface area contributed by atoms with Crippen molar-refractivity contribution < 1.29 is 23.1 Å². The summed E-state index contributed by atoms with van der Waals surface area (Å²) in [5, 5.41) is 13.6. The molecule has 0 aromatic heterocycles. The Morgan fingerprint density at radius 3 is 2.54 bits per heavy atom. The lowest BCUT2D eigenvalue weighted by Gasteiger charge is -2.23. The third kappa shape index (κ3) is 6.20. The van der Waals surface area contributed by atoms with Crippen molar-refractivity contribution in [3.63, 3.8) is 0 Å². The molecule has 1 atom stereocenters. The van der Waals surface area contributed by atoms with Crippen LogP contribution in [0.2, 0.25) is 0 Å². The Morgan fingerprint density at radius 2 is 2.04 bits per heavy atom. The zero-order valence-electron chi connectivity index (χ0n) is 16.4. The van der Waals surface area contributed by atoms with Crippen molar-refractivity contribution in [1.29, 1.82) is 0 Å². The SMILES string of the molecule is CCC(C)=O.O=C1CN(c2ccc(CCC3CCCCN3)cc2O)S(=O)(=O)N1. The number of piperidine rings is 1. The first-order valence-electron chi connectivity index (χ1n) is 9.61. The molecule has 2 aliphatic rings. The minimum Gasteiger partial charge on any atom is -0.506 e. The van der Waals surface area contributed by atoms with E-state index in [2.05, 4.69) is 5.32 Å². The van der Waals surface area contributed by atoms with Crippen LogP contribution in [-0.4, -0.2) is 44.3 Å². The second-order valence-electron chi connectivity index (χ2n) is 7.10. The first kappa shape index (κ1) is 22.2. The maximum atomic E-state index is 11.8. The van der Waals surface area contributed by atoms with Crippen LogP contribution in [0.5, 0.6) is 5.75 Å². The Morgan fingerprint density at radius 1 is 1.32 bits per heavy atom. The molecule has 9 heteroatoms. The first-order valence-corrected chi connectivity index (χ1v) is 11.0. The first-order chi connectivity index (χ1) is 13.2. The van der Waals surface area contributed by atoms with Gasteiger partial charge in [0.2, 0.25) is 0 Å². The van der Waals surface area contributed by atoms with Gasteiger partial charge in [-0.15, -0.1) is 0 Å². The smallest absolute Gasteiger partial charge is 0.326 e. The molecule has 1 aromatic rings. The fraction of sp³-hybridized carbons (Fsp3) is 0.579. The van der Waals surface area contributed by atoms with Gasteiger partial charge in [-0.2, -0.15) is 8.42 Å². The quantitative estimate of drug-likeness (QED) is 0.678. The number of aromatic hydroxyl groups is 1. The van der Waals surface area contributed by atoms with E-state index in [4.69, 9.17) is 0 Å². The number of anilines is 1. The highest BCUT2D eigenvalue weighted by Crippen LogP contribution is 2.31. The van der Waals surface area contributed by atoms with Crippen LogP contribution in [0.4, 0.5) is 5.69 Å². The Hall–Kier alpha value is -2.13. The molecule has 0 bridgehead atoms. The molecule has 2 saturated heterocycles. The van der Waals surface area contributed by atoms with Crippen molar-refractivity contribution in [2.75, 3.05) is 17.4 Å². The highest BCUT2D eigenvalue weighted by molar-refractivity contribution is 7.92. The number of ketones is 1. The van der Waals surface area contributed by atoms with Gasteiger partial charge >= 0.3 is 10.2 Å². The largest absolute Gasteiger partial charge is 0.506 e. The molecule has 2 fully saturated rings. The van der Waals surface area contributed by atoms with Gasteiger partial charge in [0.25, 0.3) is 5.91 Å². The number of benzene rings is 1. The van der Waals surface area contributed by atoms with Crippen molar-refractivity contribution in [3.05, 3.63) is 23.8 Å². The van der Waals surface area contributed by atoms with Gasteiger partial charge < -0.3 is 15.2 Å². The Labute approximate surface area is 166 Å². The molecule has 2 heterocycles. The standard InChI is InChI=1S/C15H21N3O4S.C4H8O/c19-14-9-11(4-6-12-3-1-2-8-16-12)5-7-13(14)18-10-15(20)17-23(18,21)22;1-3-4(2)5/h5,7,9,12,16,19H,1-4,6,8,10H2,(H,17,20);3H2,1-2H3. The number of carbonyl (C=O) groups excluding carboxylic acids is 2. The highest BCUT2D eigenvalue weighted by Gasteiger charge is 2.35. The Kier molecular flexibility index (Phi) is 7.82. The molecular formula is C19H29N3O5S. The zero-order chi connectivity index (χ0) is 20.7. The predicted octanol–water partition coefficient (Wildman–Crippen LogP) is 1.63. The van der Waals surface area contributed by atoms with Crippen molar-refractivity contribution in [2.45, 2.75) is 58.4 Å². The number of hydrogen-bond donors (Lipinski definition) is 3. The van der Waals surface area contributed by atoms with E-state index in [1.54, 1.807) is 25.1 Å². The number of phenolic OH excluding ortho intramolecular Hbond substituents is 1. The van der Waals surface area contributed by atoms with Crippen LogP contribution < -0.4 is 14.3 Å². The van der Waals surface area contributed by atoms with Crippen LogP contribution in [0.1, 0.15) is 51.5 Å². The van der Waals surface area contributed by atoms with Crippen LogP contribution in [0, 0.1) is 0 Å². The third-order valence-electron chi connectivity index (χ3n) is 4.82. The minimum atomic E-state index is -3.89. The van der Waals surface area contributed by atoms with Gasteiger partial charge in [-0.25, -0.2) is 9.03 Å². The minimum absolute atomic E-state index is 0.126. The lowest BCUT2D eigenvalue weighted by molar-refractivity contribution is -0.117. The molecular weight excluding hydrogens is 382 g/mol. The second kappa shape index (κ2) is 9.88. The van der Waals surface area contributed by atoms with E-state index in [0.29, 0.717) is 12.5 Å². The Bertz CT molecular complexity index is 804. The number of nitrogens with one attached hydrogen (secondary N) is 2. The molecule has 1 amide bonds. The summed E-state index contributed by atoms with van der Waals surface area (Å²) in [4.78, 5) is 21.1. The molecule has 156 valence electrons. The average molecular weight is 412 g/mol. The normalized spacial score (nSPS) is 20.9. The topological polar surface area (TPSA) is 116 Å². The van der Waals surface area contributed by atoms with Gasteiger partial charge in [0, 0.05) is 12.5 Å². The average Bonchev–Trinajstić information content (AvgIpc) is 2.93. The second-order valence-corrected chi connectivity index (χ2v) is 8.70. The Balaban J connectivity index is 0.000000500. The highest BCUT2D eigenvalue weighted by atomic mass is 32.2. The van der Waals surface area contributed by atoms with Crippen LogP contribution in [0.15, 0.2) is 18.2 Å². The summed E-state index contributed by atoms with van der Waals surface area (Å²) >= 11 is 0. The number of carbonyl (C=O) groups is 2. The third-order valence-corrected chi connectivity index (χ3v) is 6.21. The van der Waals surface area contributed by atoms with E-state index >= 15 is 0 Å². The number of rotatable bonds is 5. The maximum Gasteiger partial charge on any atom is 0.326 e. The van der Waals surface area contributed by atoms with Crippen LogP contribution in [0.3, 0.4) is 0 Å². The van der Waals surface area contributed by atoms with Gasteiger partial charge in [0.05, 0.1) is 5.69 Å². The number of hydrogen-bond acceptors (Lipinski definition) is 6. The summed E-state index contributed by atoms with van der Waals surface area (Å²) in [7, 11) is -3.89. The molecule has 2 aliphatic heterocycles. The summed E-state index contributed by atoms with van der Waals surface area (Å²) in [6, 6.07) is 5.44.